The zero-order valence-electron chi connectivity index (χ0n) is 11.5. The van der Waals surface area contributed by atoms with Gasteiger partial charge in [0.05, 0.1) is 7.11 Å². The molecule has 0 heterocycles. The van der Waals surface area contributed by atoms with Gasteiger partial charge in [-0.1, -0.05) is 12.1 Å². The predicted molar refractivity (Wildman–Crippen MR) is 79.6 cm³/mol. The molecule has 0 fully saturated rings. The minimum Gasteiger partial charge on any atom is -0.506 e. The Bertz CT molecular complexity index is 643. The van der Waals surface area contributed by atoms with Crippen LogP contribution in [0, 0.1) is 0 Å². The van der Waals surface area contributed by atoms with Crippen LogP contribution in [-0.2, 0) is 4.79 Å². The molecule has 0 aromatic heterocycles. The van der Waals surface area contributed by atoms with Crippen molar-refractivity contribution in [2.45, 2.75) is 0 Å². The predicted octanol–water partition coefficient (Wildman–Crippen LogP) is 2.00. The number of hydrogen-bond acceptors (Lipinski definition) is 5. The van der Waals surface area contributed by atoms with Crippen molar-refractivity contribution in [3.63, 3.8) is 0 Å². The first-order valence-electron chi connectivity index (χ1n) is 6.24. The van der Waals surface area contributed by atoms with E-state index in [0.29, 0.717) is 11.4 Å². The van der Waals surface area contributed by atoms with E-state index in [1.54, 1.807) is 43.5 Å². The summed E-state index contributed by atoms with van der Waals surface area (Å²) in [5.74, 6) is 0.480. The van der Waals surface area contributed by atoms with Crippen molar-refractivity contribution in [2.24, 2.45) is 0 Å². The van der Waals surface area contributed by atoms with Gasteiger partial charge in [0.1, 0.15) is 22.9 Å². The molecule has 110 valence electrons. The van der Waals surface area contributed by atoms with E-state index in [4.69, 9.17) is 15.2 Å². The van der Waals surface area contributed by atoms with Crippen LogP contribution in [0.3, 0.4) is 0 Å². The molecule has 0 aliphatic heterocycles. The van der Waals surface area contributed by atoms with E-state index in [0.717, 1.165) is 0 Å². The molecule has 0 saturated carbocycles. The zero-order chi connectivity index (χ0) is 15.2. The molecular formula is C15H16N2O4. The summed E-state index contributed by atoms with van der Waals surface area (Å²) in [7, 11) is 1.55. The molecule has 2 rings (SSSR count). The van der Waals surface area contributed by atoms with Crippen LogP contribution in [0.15, 0.2) is 42.5 Å². The standard InChI is InChI=1S/C15H16N2O4/c1-20-11-5-2-4-10(8-11)17-14(19)9-21-13-7-3-6-12(18)15(13)16/h2-8,18H,9,16H2,1H3,(H,17,19). The summed E-state index contributed by atoms with van der Waals surface area (Å²) < 4.78 is 10.3. The number of benzene rings is 2. The van der Waals surface area contributed by atoms with Crippen molar-refractivity contribution in [3.05, 3.63) is 42.5 Å². The van der Waals surface area contributed by atoms with Gasteiger partial charge in [-0.05, 0) is 24.3 Å². The van der Waals surface area contributed by atoms with Crippen LogP contribution in [0.4, 0.5) is 11.4 Å². The third-order valence-electron chi connectivity index (χ3n) is 2.76. The molecule has 0 spiro atoms. The van der Waals surface area contributed by atoms with Gasteiger partial charge in [0.2, 0.25) is 0 Å². The van der Waals surface area contributed by atoms with E-state index in [1.165, 1.54) is 6.07 Å². The molecule has 0 atom stereocenters. The summed E-state index contributed by atoms with van der Waals surface area (Å²) in [5, 5.41) is 12.1. The lowest BCUT2D eigenvalue weighted by Gasteiger charge is -2.10. The smallest absolute Gasteiger partial charge is 0.262 e. The third kappa shape index (κ3) is 3.79. The number of nitrogens with two attached hydrogens (primary N) is 1. The first-order valence-corrected chi connectivity index (χ1v) is 6.24. The molecule has 2 aromatic carbocycles. The maximum absolute atomic E-state index is 11.8. The zero-order valence-corrected chi connectivity index (χ0v) is 11.5. The number of hydrogen-bond donors (Lipinski definition) is 3. The third-order valence-corrected chi connectivity index (χ3v) is 2.76. The Kier molecular flexibility index (Phi) is 4.50. The lowest BCUT2D eigenvalue weighted by atomic mass is 10.3. The van der Waals surface area contributed by atoms with Gasteiger partial charge in [0.25, 0.3) is 5.91 Å². The quantitative estimate of drug-likeness (QED) is 0.578. The van der Waals surface area contributed by atoms with Crippen LogP contribution in [-0.4, -0.2) is 24.7 Å². The van der Waals surface area contributed by atoms with Gasteiger partial charge in [-0.3, -0.25) is 4.79 Å². The minimum atomic E-state index is -0.342. The number of amides is 1. The minimum absolute atomic E-state index is 0.0827. The number of ether oxygens (including phenoxy) is 2. The number of nitrogen functional groups attached to an aromatic ring is 1. The first kappa shape index (κ1) is 14.5. The number of nitrogens with one attached hydrogen (secondary N) is 1. The average Bonchev–Trinajstić information content (AvgIpc) is 2.49. The maximum Gasteiger partial charge on any atom is 0.262 e. The molecule has 6 heteroatoms. The Morgan fingerprint density at radius 3 is 2.81 bits per heavy atom. The number of para-hydroxylation sites is 1. The van der Waals surface area contributed by atoms with Gasteiger partial charge in [0, 0.05) is 11.8 Å². The summed E-state index contributed by atoms with van der Waals surface area (Å²) >= 11 is 0. The Hall–Kier alpha value is -2.89. The van der Waals surface area contributed by atoms with Crippen molar-refractivity contribution in [2.75, 3.05) is 24.8 Å². The van der Waals surface area contributed by atoms with Crippen LogP contribution in [0.2, 0.25) is 0 Å². The SMILES string of the molecule is COc1cccc(NC(=O)COc2cccc(O)c2N)c1. The lowest BCUT2D eigenvalue weighted by Crippen LogP contribution is -2.20. The van der Waals surface area contributed by atoms with Gasteiger partial charge in [-0.15, -0.1) is 0 Å². The van der Waals surface area contributed by atoms with Gasteiger partial charge in [0.15, 0.2) is 6.61 Å². The Morgan fingerprint density at radius 1 is 1.29 bits per heavy atom. The molecule has 0 aliphatic rings. The van der Waals surface area contributed by atoms with E-state index >= 15 is 0 Å². The van der Waals surface area contributed by atoms with Crippen molar-refractivity contribution in [1.29, 1.82) is 0 Å². The fraction of sp³-hybridized carbons (Fsp3) is 0.133. The maximum atomic E-state index is 11.8. The van der Waals surface area contributed by atoms with E-state index in [2.05, 4.69) is 5.32 Å². The topological polar surface area (TPSA) is 93.8 Å². The summed E-state index contributed by atoms with van der Waals surface area (Å²) in [6.07, 6.45) is 0. The molecule has 0 bridgehead atoms. The van der Waals surface area contributed by atoms with Crippen molar-refractivity contribution >= 4 is 17.3 Å². The number of anilines is 2. The number of aromatic hydroxyl groups is 1. The first-order chi connectivity index (χ1) is 10.1. The fourth-order valence-electron chi connectivity index (χ4n) is 1.70. The summed E-state index contributed by atoms with van der Waals surface area (Å²) in [5.41, 5.74) is 6.34. The van der Waals surface area contributed by atoms with Crippen LogP contribution < -0.4 is 20.5 Å². The number of carbonyl (C=O) groups is 1. The molecule has 0 aliphatic carbocycles. The number of phenolic OH excluding ortho intramolecular Hbond substituents is 1. The molecular weight excluding hydrogens is 272 g/mol. The monoisotopic (exact) mass is 288 g/mol. The van der Waals surface area contributed by atoms with Crippen LogP contribution in [0.5, 0.6) is 17.2 Å². The van der Waals surface area contributed by atoms with E-state index < -0.39 is 0 Å². The summed E-state index contributed by atoms with van der Waals surface area (Å²) in [6.45, 7) is -0.217. The van der Waals surface area contributed by atoms with Crippen LogP contribution >= 0.6 is 0 Å². The highest BCUT2D eigenvalue weighted by molar-refractivity contribution is 5.92. The normalized spacial score (nSPS) is 9.95. The molecule has 1 amide bonds. The molecule has 4 N–H and O–H groups in total. The van der Waals surface area contributed by atoms with E-state index in [9.17, 15) is 9.90 Å². The Balaban J connectivity index is 1.94. The number of rotatable bonds is 5. The van der Waals surface area contributed by atoms with Gasteiger partial charge in [-0.25, -0.2) is 0 Å². The average molecular weight is 288 g/mol. The molecule has 0 unspecified atom stereocenters. The second-order valence-electron chi connectivity index (χ2n) is 4.26. The van der Waals surface area contributed by atoms with Gasteiger partial charge >= 0.3 is 0 Å². The fourth-order valence-corrected chi connectivity index (χ4v) is 1.70. The number of methoxy groups -OCH3 is 1. The van der Waals surface area contributed by atoms with Crippen molar-refractivity contribution < 1.29 is 19.4 Å². The van der Waals surface area contributed by atoms with E-state index in [-0.39, 0.29) is 29.7 Å². The second kappa shape index (κ2) is 6.51. The van der Waals surface area contributed by atoms with Gasteiger partial charge < -0.3 is 25.6 Å². The van der Waals surface area contributed by atoms with Crippen molar-refractivity contribution in [3.8, 4) is 17.2 Å². The Morgan fingerprint density at radius 2 is 2.05 bits per heavy atom. The highest BCUT2D eigenvalue weighted by Gasteiger charge is 2.08. The second-order valence-corrected chi connectivity index (χ2v) is 4.26. The lowest BCUT2D eigenvalue weighted by molar-refractivity contribution is -0.118. The largest absolute Gasteiger partial charge is 0.506 e. The summed E-state index contributed by atoms with van der Waals surface area (Å²) in [6, 6.07) is 11.6. The number of carbonyl (C=O) groups excluding carboxylic acids is 1. The van der Waals surface area contributed by atoms with Crippen LogP contribution in [0.25, 0.3) is 0 Å². The van der Waals surface area contributed by atoms with Crippen molar-refractivity contribution in [1.82, 2.24) is 0 Å². The Labute approximate surface area is 122 Å². The highest BCUT2D eigenvalue weighted by Crippen LogP contribution is 2.29. The van der Waals surface area contributed by atoms with E-state index in [1.807, 2.05) is 0 Å². The number of phenols is 1. The molecule has 6 nitrogen and oxygen atoms in total. The molecule has 21 heavy (non-hydrogen) atoms. The molecule has 0 saturated heterocycles. The molecule has 2 aromatic rings. The highest BCUT2D eigenvalue weighted by atomic mass is 16.5. The van der Waals surface area contributed by atoms with Gasteiger partial charge in [-0.2, -0.15) is 0 Å². The summed E-state index contributed by atoms with van der Waals surface area (Å²) in [4.78, 5) is 11.8. The van der Waals surface area contributed by atoms with Crippen LogP contribution in [0.1, 0.15) is 0 Å². The molecule has 0 radical (unpaired) electrons.